The maximum Gasteiger partial charge on any atom is 0.0891 e. The van der Waals surface area contributed by atoms with Crippen molar-refractivity contribution in [3.05, 3.63) is 212 Å². The highest BCUT2D eigenvalue weighted by molar-refractivity contribution is 5.32. The van der Waals surface area contributed by atoms with E-state index in [-0.39, 0.29) is 36.3 Å². The van der Waals surface area contributed by atoms with Crippen LogP contribution in [0.1, 0.15) is 350 Å². The van der Waals surface area contributed by atoms with E-state index in [9.17, 15) is 30.6 Å². The maximum absolute atomic E-state index is 10.3. The van der Waals surface area contributed by atoms with Gasteiger partial charge in [0.2, 0.25) is 0 Å². The van der Waals surface area contributed by atoms with Crippen LogP contribution in [-0.4, -0.2) is 30.6 Å². The Hall–Kier alpha value is -4.92. The van der Waals surface area contributed by atoms with E-state index in [0.29, 0.717) is 35.5 Å². The molecule has 12 unspecified atom stereocenters. The lowest BCUT2D eigenvalue weighted by atomic mass is 9.84. The number of hydrogen-bond donors (Lipinski definition) is 6. The number of aliphatic hydroxyl groups is 6. The van der Waals surface area contributed by atoms with Gasteiger partial charge in [0.15, 0.2) is 0 Å². The highest BCUT2D eigenvalue weighted by atomic mass is 16.3. The van der Waals surface area contributed by atoms with E-state index in [1.54, 1.807) is 6.92 Å². The van der Waals surface area contributed by atoms with E-state index in [0.717, 1.165) is 104 Å². The van der Waals surface area contributed by atoms with Crippen LogP contribution in [0.15, 0.2) is 146 Å². The lowest BCUT2D eigenvalue weighted by Crippen LogP contribution is -2.27. The molecule has 6 rings (SSSR count). The summed E-state index contributed by atoms with van der Waals surface area (Å²) in [6.07, 6.45) is 10.1. The van der Waals surface area contributed by atoms with Gasteiger partial charge in [-0.25, -0.2) is 0 Å². The average molecular weight is 1220 g/mol. The number of rotatable bonds is 25. The van der Waals surface area contributed by atoms with Crippen molar-refractivity contribution in [3.8, 4) is 0 Å². The molecule has 6 nitrogen and oxygen atoms in total. The van der Waals surface area contributed by atoms with Crippen molar-refractivity contribution in [3.63, 3.8) is 0 Å². The van der Waals surface area contributed by atoms with Crippen LogP contribution in [0.5, 0.6) is 0 Å². The summed E-state index contributed by atoms with van der Waals surface area (Å²) < 4.78 is 0. The van der Waals surface area contributed by atoms with Crippen molar-refractivity contribution in [2.45, 2.75) is 294 Å². The average Bonchev–Trinajstić information content (AvgIpc) is 3.40. The minimum absolute atomic E-state index is 0.224. The fourth-order valence-corrected chi connectivity index (χ4v) is 9.98. The predicted octanol–water partition coefficient (Wildman–Crippen LogP) is 23.1. The quantitative estimate of drug-likeness (QED) is 0.0340. The van der Waals surface area contributed by atoms with E-state index in [2.05, 4.69) is 206 Å². The summed E-state index contributed by atoms with van der Waals surface area (Å²) in [6.45, 7) is 46.5. The molecule has 0 fully saturated rings. The number of hydrogen-bond acceptors (Lipinski definition) is 6. The fraction of sp³-hybridized carbons (Fsp3) is 0.566. The van der Waals surface area contributed by atoms with Crippen molar-refractivity contribution >= 4 is 0 Å². The third-order valence-electron chi connectivity index (χ3n) is 18.9. The molecule has 0 bridgehead atoms. The van der Waals surface area contributed by atoms with E-state index >= 15 is 0 Å². The van der Waals surface area contributed by atoms with Gasteiger partial charge in [0.1, 0.15) is 0 Å². The van der Waals surface area contributed by atoms with Gasteiger partial charge in [-0.2, -0.15) is 0 Å². The largest absolute Gasteiger partial charge is 0.389 e. The summed E-state index contributed by atoms with van der Waals surface area (Å²) in [5.74, 6) is 4.15. The van der Waals surface area contributed by atoms with Crippen LogP contribution in [0.4, 0.5) is 0 Å². The molecule has 0 aliphatic rings. The first-order valence-electron chi connectivity index (χ1n) is 34.8. The molecule has 6 heteroatoms. The van der Waals surface area contributed by atoms with Crippen LogP contribution in [0.25, 0.3) is 0 Å². The summed E-state index contributed by atoms with van der Waals surface area (Å²) >= 11 is 0. The van der Waals surface area contributed by atoms with E-state index in [1.165, 1.54) is 33.4 Å². The first-order valence-corrected chi connectivity index (χ1v) is 34.8. The molecule has 498 valence electrons. The van der Waals surface area contributed by atoms with Gasteiger partial charge >= 0.3 is 0 Å². The lowest BCUT2D eigenvalue weighted by molar-refractivity contribution is 0.00902. The molecule has 12 atom stereocenters. The van der Waals surface area contributed by atoms with Crippen LogP contribution in [0.3, 0.4) is 0 Å². The molecule has 6 aromatic carbocycles. The minimum Gasteiger partial charge on any atom is -0.389 e. The zero-order chi connectivity index (χ0) is 67.6. The smallest absolute Gasteiger partial charge is 0.0891 e. The number of benzene rings is 6. The summed E-state index contributed by atoms with van der Waals surface area (Å²) in [5.41, 5.74) is 12.9. The number of aliphatic hydroxyl groups excluding tert-OH is 4. The summed E-state index contributed by atoms with van der Waals surface area (Å²) in [7, 11) is 0. The third kappa shape index (κ3) is 28.6. The highest BCUT2D eigenvalue weighted by Crippen LogP contribution is 2.32. The fourth-order valence-electron chi connectivity index (χ4n) is 9.98. The minimum atomic E-state index is -0.728. The third-order valence-corrected chi connectivity index (χ3v) is 18.9. The van der Waals surface area contributed by atoms with Crippen LogP contribution in [-0.2, 0) is 11.2 Å². The topological polar surface area (TPSA) is 121 Å². The molecule has 0 aromatic heterocycles. The van der Waals surface area contributed by atoms with E-state index in [4.69, 9.17) is 0 Å². The summed E-state index contributed by atoms with van der Waals surface area (Å²) in [5, 5.41) is 59.2. The van der Waals surface area contributed by atoms with E-state index in [1.807, 2.05) is 84.9 Å². The van der Waals surface area contributed by atoms with Crippen LogP contribution < -0.4 is 0 Å². The van der Waals surface area contributed by atoms with Crippen LogP contribution in [0, 0.1) is 11.8 Å². The molecular formula is C83H130O6. The van der Waals surface area contributed by atoms with Crippen LogP contribution in [0.2, 0.25) is 0 Å². The summed E-state index contributed by atoms with van der Waals surface area (Å²) in [4.78, 5) is 0. The molecule has 0 aliphatic carbocycles. The SMILES string of the molecule is CCC(C)c1ccc(C(C)(O)C(C)C)cc1.CCC(C)c1ccc(C(C)O)cc1.CCC(C)c1ccc(C(O)C(C)C)cc1.CCC(C)c1ccc(C(O)CC)cc1.CCCC(C)(O)c1ccc(C(C)CC)cc1.CCCC(O)c1ccc(C(C)CC)cc1. The summed E-state index contributed by atoms with van der Waals surface area (Å²) in [6, 6.07) is 50.1. The molecule has 0 spiro atoms. The molecule has 89 heavy (non-hydrogen) atoms. The molecule has 6 aromatic rings. The van der Waals surface area contributed by atoms with Gasteiger partial charge in [0, 0.05) is 0 Å². The Morgan fingerprint density at radius 1 is 0.303 bits per heavy atom. The van der Waals surface area contributed by atoms with Crippen molar-refractivity contribution in [1.82, 2.24) is 0 Å². The van der Waals surface area contributed by atoms with Crippen molar-refractivity contribution < 1.29 is 30.6 Å². The molecule has 0 aliphatic heterocycles. The normalized spacial score (nSPS) is 15.8. The Kier molecular flexibility index (Phi) is 39.7. The Morgan fingerprint density at radius 3 is 0.809 bits per heavy atom. The standard InChI is InChI=1S/2C15H24O.2C14H22O.C13H20O.C12H18O/c1-6-12(4)13-7-9-14(10-8-13)15(5,16)11(2)3;1-5-11-15(4,16)14-9-7-13(8-10-14)12(3)6-2;1-5-11(4)12-6-8-13(9-7-12)14(15)10(2)3;1-4-6-14(15)13-9-7-12(8-10-13)11(3)5-2;1-4-10(3)11-6-8-12(9-7-11)13(14)5-2;1-4-9(2)11-5-7-12(8-6-11)10(3)13/h7-12,16H,6H2,1-5H3;7-10,12,16H,5-6,11H2,1-4H3;6-11,14-15H,5H2,1-4H3;7-11,14-15H,4-6H2,1-3H3;6-10,13-14H,4-5H2,1-3H3;5-10,13H,4H2,1-3H3. The molecule has 0 radical (unpaired) electrons. The highest BCUT2D eigenvalue weighted by Gasteiger charge is 2.27. The molecule has 0 saturated heterocycles. The van der Waals surface area contributed by atoms with Gasteiger partial charge in [0.05, 0.1) is 35.6 Å². The van der Waals surface area contributed by atoms with Gasteiger partial charge in [-0.1, -0.05) is 290 Å². The van der Waals surface area contributed by atoms with Gasteiger partial charge in [0.25, 0.3) is 0 Å². The van der Waals surface area contributed by atoms with Crippen molar-refractivity contribution in [2.24, 2.45) is 11.8 Å². The van der Waals surface area contributed by atoms with Crippen molar-refractivity contribution in [1.29, 1.82) is 0 Å². The second-order valence-electron chi connectivity index (χ2n) is 26.7. The Balaban J connectivity index is 0.000000535. The van der Waals surface area contributed by atoms with Gasteiger partial charge in [-0.3, -0.25) is 0 Å². The first-order chi connectivity index (χ1) is 42.0. The van der Waals surface area contributed by atoms with Gasteiger partial charge in [-0.05, 0) is 193 Å². The monoisotopic (exact) mass is 1220 g/mol. The van der Waals surface area contributed by atoms with E-state index < -0.39 is 11.2 Å². The zero-order valence-electron chi connectivity index (χ0n) is 60.2. The maximum atomic E-state index is 10.3. The predicted molar refractivity (Wildman–Crippen MR) is 385 cm³/mol. The lowest BCUT2D eigenvalue weighted by Gasteiger charge is -2.28. The second-order valence-corrected chi connectivity index (χ2v) is 26.7. The molecule has 6 N–H and O–H groups in total. The van der Waals surface area contributed by atoms with Gasteiger partial charge < -0.3 is 30.6 Å². The molecule has 0 saturated carbocycles. The van der Waals surface area contributed by atoms with Crippen LogP contribution >= 0.6 is 0 Å². The Bertz CT molecular complexity index is 2660. The second kappa shape index (κ2) is 43.0. The Morgan fingerprint density at radius 2 is 0.562 bits per heavy atom. The first kappa shape index (κ1) is 82.1. The van der Waals surface area contributed by atoms with Crippen molar-refractivity contribution in [2.75, 3.05) is 0 Å². The molecule has 0 amide bonds. The molecular weight excluding hydrogens is 1090 g/mol. The van der Waals surface area contributed by atoms with Gasteiger partial charge in [-0.15, -0.1) is 0 Å². The Labute approximate surface area is 546 Å². The molecule has 0 heterocycles. The zero-order valence-corrected chi connectivity index (χ0v) is 60.2.